The van der Waals surface area contributed by atoms with Gasteiger partial charge in [-0.25, -0.2) is 4.39 Å². The fourth-order valence-corrected chi connectivity index (χ4v) is 5.56. The summed E-state index contributed by atoms with van der Waals surface area (Å²) in [4.78, 5) is 32.0. The van der Waals surface area contributed by atoms with Crippen LogP contribution in [0.3, 0.4) is 0 Å². The van der Waals surface area contributed by atoms with Crippen molar-refractivity contribution >= 4 is 17.5 Å². The predicted octanol–water partition coefficient (Wildman–Crippen LogP) is 1.99. The first-order valence-corrected chi connectivity index (χ1v) is 12.7. The minimum absolute atomic E-state index is 0.0793. The number of hydrogen-bond acceptors (Lipinski definition) is 5. The molecule has 3 aliphatic rings. The van der Waals surface area contributed by atoms with E-state index < -0.39 is 0 Å². The molecule has 5 rings (SSSR count). The highest BCUT2D eigenvalue weighted by atomic mass is 19.1. The first-order valence-electron chi connectivity index (χ1n) is 12.7. The van der Waals surface area contributed by atoms with E-state index in [4.69, 9.17) is 0 Å². The van der Waals surface area contributed by atoms with Crippen molar-refractivity contribution in [1.29, 1.82) is 0 Å². The number of fused-ring (bicyclic) bond motifs is 1. The lowest BCUT2D eigenvalue weighted by molar-refractivity contribution is -0.132. The Hall–Kier alpha value is -2.97. The number of halogens is 1. The normalized spacial score (nSPS) is 24.8. The van der Waals surface area contributed by atoms with Crippen molar-refractivity contribution in [3.63, 3.8) is 0 Å². The third kappa shape index (κ3) is 5.65. The molecule has 0 bridgehead atoms. The van der Waals surface area contributed by atoms with Gasteiger partial charge in [-0.05, 0) is 42.7 Å². The molecular formula is C27H34FN5O2. The number of carbonyl (C=O) groups is 2. The number of para-hydroxylation sites is 1. The zero-order chi connectivity index (χ0) is 24.2. The van der Waals surface area contributed by atoms with Crippen LogP contribution in [0.4, 0.5) is 10.1 Å². The second kappa shape index (κ2) is 10.7. The number of anilines is 1. The van der Waals surface area contributed by atoms with E-state index >= 15 is 0 Å². The molecule has 2 aromatic carbocycles. The van der Waals surface area contributed by atoms with Crippen molar-refractivity contribution in [3.05, 3.63) is 66.0 Å². The fraction of sp³-hybridized carbons (Fsp3) is 0.481. The number of rotatable bonds is 7. The van der Waals surface area contributed by atoms with Gasteiger partial charge in [0.1, 0.15) is 5.82 Å². The molecule has 3 saturated heterocycles. The SMILES string of the molecule is O=C1NC[C@@H](CCC(=O)N2CCN(c3ccccc3)CC2)N2C[C@@H](NCc3ccc(F)cc3)C[C@@H]12. The van der Waals surface area contributed by atoms with Gasteiger partial charge < -0.3 is 20.4 Å². The predicted molar refractivity (Wildman–Crippen MR) is 133 cm³/mol. The van der Waals surface area contributed by atoms with Crippen molar-refractivity contribution < 1.29 is 14.0 Å². The second-order valence-corrected chi connectivity index (χ2v) is 9.79. The molecule has 186 valence electrons. The van der Waals surface area contributed by atoms with E-state index in [9.17, 15) is 14.0 Å². The molecule has 0 saturated carbocycles. The van der Waals surface area contributed by atoms with Gasteiger partial charge in [0.25, 0.3) is 0 Å². The van der Waals surface area contributed by atoms with Gasteiger partial charge in [0.2, 0.25) is 11.8 Å². The summed E-state index contributed by atoms with van der Waals surface area (Å²) in [5, 5.41) is 6.57. The van der Waals surface area contributed by atoms with Crippen LogP contribution in [-0.4, -0.2) is 79.0 Å². The monoisotopic (exact) mass is 479 g/mol. The Morgan fingerprint density at radius 3 is 2.51 bits per heavy atom. The Bertz CT molecular complexity index is 1010. The van der Waals surface area contributed by atoms with E-state index in [2.05, 4.69) is 32.6 Å². The molecule has 3 aliphatic heterocycles. The van der Waals surface area contributed by atoms with Crippen LogP contribution in [0.1, 0.15) is 24.8 Å². The van der Waals surface area contributed by atoms with Gasteiger partial charge in [-0.3, -0.25) is 14.5 Å². The zero-order valence-electron chi connectivity index (χ0n) is 20.0. The van der Waals surface area contributed by atoms with E-state index in [1.165, 1.54) is 17.8 Å². The summed E-state index contributed by atoms with van der Waals surface area (Å²) in [7, 11) is 0. The largest absolute Gasteiger partial charge is 0.368 e. The molecule has 0 aromatic heterocycles. The number of carbonyl (C=O) groups excluding carboxylic acids is 2. The zero-order valence-corrected chi connectivity index (χ0v) is 20.0. The number of amides is 2. The Morgan fingerprint density at radius 2 is 1.77 bits per heavy atom. The van der Waals surface area contributed by atoms with E-state index in [0.717, 1.165) is 51.1 Å². The van der Waals surface area contributed by atoms with Gasteiger partial charge in [0.15, 0.2) is 0 Å². The fourth-order valence-electron chi connectivity index (χ4n) is 5.56. The molecule has 0 aliphatic carbocycles. The molecule has 0 spiro atoms. The molecule has 2 amide bonds. The first kappa shape index (κ1) is 23.8. The number of nitrogens with one attached hydrogen (secondary N) is 2. The Balaban J connectivity index is 1.10. The van der Waals surface area contributed by atoms with Gasteiger partial charge in [0, 0.05) is 70.0 Å². The smallest absolute Gasteiger partial charge is 0.237 e. The Labute approximate surface area is 206 Å². The van der Waals surface area contributed by atoms with Crippen molar-refractivity contribution in [2.75, 3.05) is 44.2 Å². The summed E-state index contributed by atoms with van der Waals surface area (Å²) in [6.45, 7) is 5.22. The summed E-state index contributed by atoms with van der Waals surface area (Å²) in [6.07, 6.45) is 2.00. The molecule has 3 heterocycles. The van der Waals surface area contributed by atoms with Crippen LogP contribution in [0, 0.1) is 5.82 Å². The molecule has 3 atom stereocenters. The lowest BCUT2D eigenvalue weighted by atomic mass is 10.0. The van der Waals surface area contributed by atoms with Crippen molar-refractivity contribution in [2.45, 2.75) is 43.9 Å². The van der Waals surface area contributed by atoms with Gasteiger partial charge in [-0.15, -0.1) is 0 Å². The molecular weight excluding hydrogens is 445 g/mol. The van der Waals surface area contributed by atoms with Gasteiger partial charge in [0.05, 0.1) is 6.04 Å². The van der Waals surface area contributed by atoms with Crippen LogP contribution in [-0.2, 0) is 16.1 Å². The lowest BCUT2D eigenvalue weighted by Gasteiger charge is -2.38. The average molecular weight is 480 g/mol. The van der Waals surface area contributed by atoms with E-state index in [-0.39, 0.29) is 35.8 Å². The maximum absolute atomic E-state index is 13.2. The topological polar surface area (TPSA) is 67.9 Å². The average Bonchev–Trinajstić information content (AvgIpc) is 3.34. The Kier molecular flexibility index (Phi) is 7.29. The minimum atomic E-state index is -0.237. The Morgan fingerprint density at radius 1 is 1.03 bits per heavy atom. The number of hydrogen-bond donors (Lipinski definition) is 2. The van der Waals surface area contributed by atoms with Gasteiger partial charge in [-0.1, -0.05) is 30.3 Å². The van der Waals surface area contributed by atoms with Crippen LogP contribution in [0.5, 0.6) is 0 Å². The summed E-state index contributed by atoms with van der Waals surface area (Å²) in [5.74, 6) is 0.0471. The van der Waals surface area contributed by atoms with Gasteiger partial charge in [-0.2, -0.15) is 0 Å². The molecule has 35 heavy (non-hydrogen) atoms. The van der Waals surface area contributed by atoms with Crippen LogP contribution >= 0.6 is 0 Å². The molecule has 7 nitrogen and oxygen atoms in total. The summed E-state index contributed by atoms with van der Waals surface area (Å²) >= 11 is 0. The highest BCUT2D eigenvalue weighted by Crippen LogP contribution is 2.26. The second-order valence-electron chi connectivity index (χ2n) is 9.79. The standard InChI is InChI=1S/C27H34FN5O2/c28-21-8-6-20(7-9-21)17-29-22-16-25-27(35)30-18-24(33(25)19-22)10-11-26(34)32-14-12-31(13-15-32)23-4-2-1-3-5-23/h1-9,22,24-25,29H,10-19H2,(H,30,35)/t22-,24+,25-/m0/s1. The third-order valence-electron chi connectivity index (χ3n) is 7.58. The molecule has 0 unspecified atom stereocenters. The lowest BCUT2D eigenvalue weighted by Crippen LogP contribution is -2.58. The van der Waals surface area contributed by atoms with Crippen molar-refractivity contribution in [1.82, 2.24) is 20.4 Å². The van der Waals surface area contributed by atoms with Crippen LogP contribution in [0.25, 0.3) is 0 Å². The molecule has 2 aromatic rings. The molecule has 8 heteroatoms. The van der Waals surface area contributed by atoms with E-state index in [1.54, 1.807) is 12.1 Å². The van der Waals surface area contributed by atoms with Crippen LogP contribution in [0.2, 0.25) is 0 Å². The number of nitrogens with zero attached hydrogens (tertiary/aromatic N) is 3. The summed E-state index contributed by atoms with van der Waals surface area (Å²) < 4.78 is 13.2. The quantitative estimate of drug-likeness (QED) is 0.636. The third-order valence-corrected chi connectivity index (χ3v) is 7.58. The number of benzene rings is 2. The van der Waals surface area contributed by atoms with Crippen LogP contribution < -0.4 is 15.5 Å². The van der Waals surface area contributed by atoms with Crippen molar-refractivity contribution in [3.8, 4) is 0 Å². The maximum Gasteiger partial charge on any atom is 0.237 e. The highest BCUT2D eigenvalue weighted by Gasteiger charge is 2.43. The van der Waals surface area contributed by atoms with Gasteiger partial charge >= 0.3 is 0 Å². The summed E-state index contributed by atoms with van der Waals surface area (Å²) in [6, 6.07) is 17.1. The summed E-state index contributed by atoms with van der Waals surface area (Å²) in [5.41, 5.74) is 2.23. The molecule has 0 radical (unpaired) electrons. The molecule has 2 N–H and O–H groups in total. The van der Waals surface area contributed by atoms with E-state index in [1.807, 2.05) is 23.1 Å². The highest BCUT2D eigenvalue weighted by molar-refractivity contribution is 5.83. The number of piperazine rings is 2. The molecule has 3 fully saturated rings. The first-order chi connectivity index (χ1) is 17.1. The maximum atomic E-state index is 13.2. The van der Waals surface area contributed by atoms with Crippen LogP contribution in [0.15, 0.2) is 54.6 Å². The minimum Gasteiger partial charge on any atom is -0.368 e. The van der Waals surface area contributed by atoms with E-state index in [0.29, 0.717) is 19.5 Å². The van der Waals surface area contributed by atoms with Crippen molar-refractivity contribution in [2.24, 2.45) is 0 Å².